The molecule has 0 aliphatic carbocycles. The van der Waals surface area contributed by atoms with Gasteiger partial charge in [-0.05, 0) is 44.4 Å². The number of carboxylic acids is 1. The molecule has 0 radical (unpaired) electrons. The average molecular weight is 679 g/mol. The van der Waals surface area contributed by atoms with Crippen molar-refractivity contribution in [2.24, 2.45) is 17.9 Å². The van der Waals surface area contributed by atoms with Crippen LogP contribution in [0, 0.1) is 0 Å². The summed E-state index contributed by atoms with van der Waals surface area (Å²) in [6.07, 6.45) is 3.74. The number of nitrogens with one attached hydrogen (secondary N) is 1. The van der Waals surface area contributed by atoms with Gasteiger partial charge in [0, 0.05) is 11.8 Å². The number of amides is 2. The highest BCUT2D eigenvalue weighted by atomic mass is 32.3. The zero-order valence-electron chi connectivity index (χ0n) is 25.2. The highest BCUT2D eigenvalue weighted by Gasteiger charge is 2.57. The van der Waals surface area contributed by atoms with E-state index in [0.29, 0.717) is 18.0 Å². The number of thiazole rings is 1. The summed E-state index contributed by atoms with van der Waals surface area (Å²) in [5, 5.41) is 17.8. The lowest BCUT2D eigenvalue weighted by Gasteiger charge is -2.51. The summed E-state index contributed by atoms with van der Waals surface area (Å²) in [7, 11) is -3.30. The zero-order chi connectivity index (χ0) is 33.8. The van der Waals surface area contributed by atoms with E-state index in [1.807, 2.05) is 48.4 Å². The van der Waals surface area contributed by atoms with Gasteiger partial charge < -0.3 is 31.3 Å². The van der Waals surface area contributed by atoms with E-state index in [-0.39, 0.29) is 17.2 Å². The second-order valence-electron chi connectivity index (χ2n) is 10.9. The second-order valence-corrected chi connectivity index (χ2v) is 12.8. The van der Waals surface area contributed by atoms with Gasteiger partial charge in [-0.3, -0.25) is 9.59 Å². The molecule has 1 aromatic carbocycles. The minimum Gasteiger partial charge on any atom is -0.724 e. The van der Waals surface area contributed by atoms with Gasteiger partial charge in [-0.15, -0.1) is 16.0 Å². The van der Waals surface area contributed by atoms with E-state index in [4.69, 9.17) is 16.3 Å². The first kappa shape index (κ1) is 34.4. The third kappa shape index (κ3) is 8.04. The summed E-state index contributed by atoms with van der Waals surface area (Å²) in [6.45, 7) is 4.09. The molecule has 4 rings (SSSR count). The van der Waals surface area contributed by atoms with Crippen molar-refractivity contribution < 1.29 is 46.3 Å². The van der Waals surface area contributed by atoms with Crippen molar-refractivity contribution in [2.45, 2.75) is 57.3 Å². The van der Waals surface area contributed by atoms with Gasteiger partial charge in [-0.2, -0.15) is 14.0 Å². The highest BCUT2D eigenvalue weighted by molar-refractivity contribution is 7.80. The number of hydroxylamine groups is 2. The summed E-state index contributed by atoms with van der Waals surface area (Å²) in [5.74, 6) is -3.33. The highest BCUT2D eigenvalue weighted by Crippen LogP contribution is 2.33. The number of carboxylic acid groups (broad SMARTS) is 1. The van der Waals surface area contributed by atoms with Crippen LogP contribution in [0.5, 0.6) is 0 Å². The van der Waals surface area contributed by atoms with Gasteiger partial charge in [0.2, 0.25) is 22.7 Å². The predicted octanol–water partition coefficient (Wildman–Crippen LogP) is -0.329. The Kier molecular flexibility index (Phi) is 10.4. The third-order valence-corrected chi connectivity index (χ3v) is 8.24. The van der Waals surface area contributed by atoms with Crippen LogP contribution < -0.4 is 21.5 Å². The number of anilines is 1. The van der Waals surface area contributed by atoms with Crippen LogP contribution in [0.4, 0.5) is 5.13 Å². The molecule has 1 aliphatic rings. The van der Waals surface area contributed by atoms with Crippen molar-refractivity contribution in [3.05, 3.63) is 53.3 Å². The summed E-state index contributed by atoms with van der Waals surface area (Å²) in [4.78, 5) is 47.0. The van der Waals surface area contributed by atoms with Crippen molar-refractivity contribution in [3.8, 4) is 11.1 Å². The Morgan fingerprint density at radius 2 is 1.98 bits per heavy atom. The van der Waals surface area contributed by atoms with E-state index < -0.39 is 51.6 Å². The number of aliphatic carboxylic acids is 1. The molecule has 248 valence electrons. The fraction of sp³-hybridized carbons (Fsp3) is 0.407. The lowest BCUT2D eigenvalue weighted by molar-refractivity contribution is -0.753. The molecule has 46 heavy (non-hydrogen) atoms. The summed E-state index contributed by atoms with van der Waals surface area (Å²) >= 11 is 0.978. The first-order chi connectivity index (χ1) is 21.6. The van der Waals surface area contributed by atoms with Crippen molar-refractivity contribution >= 4 is 50.4 Å². The van der Waals surface area contributed by atoms with Crippen LogP contribution in [0.1, 0.15) is 37.9 Å². The Hall–Kier alpha value is -4.43. The molecule has 3 aromatic rings. The fourth-order valence-corrected chi connectivity index (χ4v) is 5.70. The lowest BCUT2D eigenvalue weighted by Crippen LogP contribution is -2.76. The molecule has 6 N–H and O–H groups in total. The fourth-order valence-electron chi connectivity index (χ4n) is 4.70. The first-order valence-electron chi connectivity index (χ1n) is 13.9. The zero-order valence-corrected chi connectivity index (χ0v) is 26.8. The third-order valence-electron chi connectivity index (χ3n) is 7.24. The van der Waals surface area contributed by atoms with Crippen molar-refractivity contribution in [1.29, 1.82) is 0 Å². The van der Waals surface area contributed by atoms with Gasteiger partial charge in [-0.25, -0.2) is 18.2 Å². The first-order valence-corrected chi connectivity index (χ1v) is 16.2. The van der Waals surface area contributed by atoms with E-state index in [1.165, 1.54) is 19.2 Å². The van der Waals surface area contributed by atoms with Crippen LogP contribution in [0.15, 0.2) is 47.2 Å². The average Bonchev–Trinajstić information content (AvgIpc) is 3.59. The SMILES string of the molecule is C[n+]1cc(-c2ccc(CCC(O/N=C(\C(=O)N[C@@H]3C(=O)N(OS(=O)(=O)[O-])C3(C)C)c3csc(N)n3)C(=O)O)cc2)cn1CCCN. The number of hydrogen-bond acceptors (Lipinski definition) is 13. The van der Waals surface area contributed by atoms with Gasteiger partial charge >= 0.3 is 5.97 Å². The maximum atomic E-state index is 13.2. The molecule has 0 saturated carbocycles. The molecule has 1 fully saturated rings. The molecule has 17 nitrogen and oxygen atoms in total. The number of aromatic nitrogens is 3. The number of rotatable bonds is 15. The number of carbonyl (C=O) groups excluding carboxylic acids is 2. The topological polar surface area (TPSA) is 248 Å². The minimum absolute atomic E-state index is 0.000813. The van der Waals surface area contributed by atoms with Gasteiger partial charge in [0.15, 0.2) is 17.9 Å². The Morgan fingerprint density at radius 1 is 1.28 bits per heavy atom. The Bertz CT molecular complexity index is 1740. The van der Waals surface area contributed by atoms with Gasteiger partial charge in [0.1, 0.15) is 11.7 Å². The van der Waals surface area contributed by atoms with E-state index in [2.05, 4.69) is 24.4 Å². The lowest BCUT2D eigenvalue weighted by atomic mass is 9.84. The quantitative estimate of drug-likeness (QED) is 0.0403. The molecule has 2 amide bonds. The molecule has 3 heterocycles. The molecule has 1 saturated heterocycles. The van der Waals surface area contributed by atoms with Crippen LogP contribution in [0.3, 0.4) is 0 Å². The Balaban J connectivity index is 1.44. The molecular formula is C27H34N8O9S2. The standard InChI is InChI=1S/C27H34N8O9S2/c1-27(2)22(24(37)35(27)44-46(40,41)42)31-23(36)21(19-15-45-26(29)30-19)32-43-20(25(38)39)10-7-16-5-8-17(9-6-16)18-13-33(3)34(14-18)12-4-11-28/h5-6,8-9,13-15,20,22H,4,7,10-12,28H2,1-3H3,(H4-,29,30,31,36,38,39,40,41,42)/b32-21-/t20?,22-/m1/s1. The van der Waals surface area contributed by atoms with Crippen molar-refractivity contribution in [1.82, 2.24) is 20.0 Å². The van der Waals surface area contributed by atoms with Crippen LogP contribution in [0.2, 0.25) is 0 Å². The number of aryl methyl sites for hydroxylation is 3. The molecule has 2 aromatic heterocycles. The predicted molar refractivity (Wildman–Crippen MR) is 162 cm³/mol. The molecule has 1 aliphatic heterocycles. The van der Waals surface area contributed by atoms with Crippen LogP contribution in [-0.4, -0.2) is 80.5 Å². The van der Waals surface area contributed by atoms with Crippen LogP contribution in [-0.2, 0) is 53.9 Å². The summed E-state index contributed by atoms with van der Waals surface area (Å²) in [6, 6.07) is 6.31. The molecular weight excluding hydrogens is 644 g/mol. The summed E-state index contributed by atoms with van der Waals surface area (Å²) < 4.78 is 41.2. The van der Waals surface area contributed by atoms with Gasteiger partial charge in [-0.1, -0.05) is 29.4 Å². The van der Waals surface area contributed by atoms with Gasteiger partial charge in [0.05, 0.1) is 23.8 Å². The largest absolute Gasteiger partial charge is 0.724 e. The van der Waals surface area contributed by atoms with Crippen LogP contribution >= 0.6 is 11.3 Å². The molecule has 1 unspecified atom stereocenters. The number of hydrogen-bond donors (Lipinski definition) is 4. The smallest absolute Gasteiger partial charge is 0.347 e. The number of nitrogen functional groups attached to an aromatic ring is 1. The van der Waals surface area contributed by atoms with E-state index >= 15 is 0 Å². The molecule has 0 spiro atoms. The summed E-state index contributed by atoms with van der Waals surface area (Å²) in [5.41, 5.74) is 12.2. The number of β-lactam (4-membered cyclic amide) rings is 1. The maximum Gasteiger partial charge on any atom is 0.347 e. The number of benzene rings is 1. The number of carbonyl (C=O) groups is 3. The minimum atomic E-state index is -5.25. The van der Waals surface area contributed by atoms with E-state index in [9.17, 15) is 32.5 Å². The van der Waals surface area contributed by atoms with Gasteiger partial charge in [0.25, 0.3) is 11.8 Å². The molecule has 19 heteroatoms. The number of nitrogens with two attached hydrogens (primary N) is 2. The second kappa shape index (κ2) is 13.9. The normalized spacial score (nSPS) is 17.0. The number of oxime groups is 1. The van der Waals surface area contributed by atoms with E-state index in [0.717, 1.165) is 41.0 Å². The van der Waals surface area contributed by atoms with Crippen molar-refractivity contribution in [3.63, 3.8) is 0 Å². The van der Waals surface area contributed by atoms with Crippen LogP contribution in [0.25, 0.3) is 11.1 Å². The Morgan fingerprint density at radius 3 is 2.54 bits per heavy atom. The molecule has 2 atom stereocenters. The number of nitrogens with zero attached hydrogens (tertiary/aromatic N) is 5. The Labute approximate surface area is 268 Å². The monoisotopic (exact) mass is 678 g/mol. The maximum absolute atomic E-state index is 13.2. The molecule has 0 bridgehead atoms. The van der Waals surface area contributed by atoms with E-state index in [1.54, 1.807) is 0 Å². The van der Waals surface area contributed by atoms with Crippen molar-refractivity contribution in [2.75, 3.05) is 12.3 Å².